The number of carbonyl (C=O) groups excluding carboxylic acids is 1. The van der Waals surface area contributed by atoms with Gasteiger partial charge in [0.1, 0.15) is 0 Å². The second-order valence-corrected chi connectivity index (χ2v) is 8.32. The van der Waals surface area contributed by atoms with Crippen LogP contribution >= 0.6 is 0 Å². The number of benzene rings is 2. The minimum Gasteiger partial charge on any atom is -0.384 e. The Morgan fingerprint density at radius 3 is 2.66 bits per heavy atom. The van der Waals surface area contributed by atoms with E-state index in [1.807, 2.05) is 72.0 Å². The molecule has 0 radical (unpaired) electrons. The minimum absolute atomic E-state index is 0.0231. The average molecular weight is 429 g/mol. The molecule has 1 saturated heterocycles. The molecule has 4 rings (SSSR count). The first-order chi connectivity index (χ1) is 15.7. The maximum absolute atomic E-state index is 13.2. The summed E-state index contributed by atoms with van der Waals surface area (Å²) in [5, 5.41) is 8.97. The summed E-state index contributed by atoms with van der Waals surface area (Å²) in [4.78, 5) is 19.4. The van der Waals surface area contributed by atoms with Gasteiger partial charge in [-0.1, -0.05) is 30.3 Å². The molecule has 1 aliphatic heterocycles. The minimum atomic E-state index is -0.0231. The van der Waals surface area contributed by atoms with Crippen LogP contribution in [-0.4, -0.2) is 35.7 Å². The van der Waals surface area contributed by atoms with E-state index in [9.17, 15) is 4.79 Å². The average Bonchev–Trinajstić information content (AvgIpc) is 3.39. The van der Waals surface area contributed by atoms with Crippen molar-refractivity contribution in [2.45, 2.75) is 25.8 Å². The van der Waals surface area contributed by atoms with Crippen molar-refractivity contribution in [1.82, 2.24) is 9.55 Å². The van der Waals surface area contributed by atoms with Crippen molar-refractivity contribution in [2.24, 2.45) is 11.8 Å². The Bertz CT molecular complexity index is 1070. The Kier molecular flexibility index (Phi) is 6.98. The van der Waals surface area contributed by atoms with Crippen LogP contribution in [-0.2, 0) is 22.5 Å². The van der Waals surface area contributed by atoms with E-state index in [1.165, 1.54) is 0 Å². The number of hydrogen-bond acceptors (Lipinski definition) is 4. The smallest absolute Gasteiger partial charge is 0.230 e. The third kappa shape index (κ3) is 4.90. The van der Waals surface area contributed by atoms with Gasteiger partial charge in [0.15, 0.2) is 0 Å². The summed E-state index contributed by atoms with van der Waals surface area (Å²) < 4.78 is 7.57. The number of carbonyl (C=O) groups is 1. The number of rotatable bonds is 9. The molecule has 32 heavy (non-hydrogen) atoms. The van der Waals surface area contributed by atoms with E-state index in [0.29, 0.717) is 18.7 Å². The highest BCUT2D eigenvalue weighted by atomic mass is 16.5. The van der Waals surface area contributed by atoms with Crippen molar-refractivity contribution < 1.29 is 9.53 Å². The number of nitriles is 1. The predicted molar refractivity (Wildman–Crippen MR) is 123 cm³/mol. The number of hydrogen-bond donors (Lipinski definition) is 0. The normalized spacial score (nSPS) is 18.1. The Balaban J connectivity index is 1.37. The molecule has 0 aliphatic carbocycles. The molecular weight excluding hydrogens is 400 g/mol. The van der Waals surface area contributed by atoms with Gasteiger partial charge in [0.2, 0.25) is 5.91 Å². The summed E-state index contributed by atoms with van der Waals surface area (Å²) in [5.41, 5.74) is 3.91. The molecule has 3 aromatic rings. The lowest BCUT2D eigenvalue weighted by molar-refractivity contribution is -0.121. The Morgan fingerprint density at radius 1 is 1.16 bits per heavy atom. The molecule has 1 aromatic heterocycles. The van der Waals surface area contributed by atoms with Crippen LogP contribution in [0.5, 0.6) is 0 Å². The van der Waals surface area contributed by atoms with Crippen molar-refractivity contribution in [3.8, 4) is 6.07 Å². The number of imidazole rings is 1. The maximum atomic E-state index is 13.2. The lowest BCUT2D eigenvalue weighted by atomic mass is 9.91. The molecule has 6 nitrogen and oxygen atoms in total. The lowest BCUT2D eigenvalue weighted by Gasteiger charge is -2.16. The van der Waals surface area contributed by atoms with E-state index in [-0.39, 0.29) is 17.7 Å². The first-order valence-electron chi connectivity index (χ1n) is 11.0. The summed E-state index contributed by atoms with van der Waals surface area (Å²) in [6.07, 6.45) is 6.36. The fourth-order valence-electron chi connectivity index (χ4n) is 4.52. The largest absolute Gasteiger partial charge is 0.384 e. The highest BCUT2D eigenvalue weighted by molar-refractivity contribution is 5.97. The van der Waals surface area contributed by atoms with E-state index >= 15 is 0 Å². The summed E-state index contributed by atoms with van der Waals surface area (Å²) in [7, 11) is 1.70. The number of aromatic nitrogens is 2. The van der Waals surface area contributed by atoms with Gasteiger partial charge in [-0.25, -0.2) is 4.98 Å². The molecule has 1 amide bonds. The van der Waals surface area contributed by atoms with Crippen LogP contribution in [0.1, 0.15) is 29.7 Å². The lowest BCUT2D eigenvalue weighted by Crippen LogP contribution is -2.26. The monoisotopic (exact) mass is 428 g/mol. The highest BCUT2D eigenvalue weighted by Crippen LogP contribution is 2.33. The number of nitrogens with zero attached hydrogens (tertiary/aromatic N) is 4. The topological polar surface area (TPSA) is 71.2 Å². The molecule has 6 heteroatoms. The first kappa shape index (κ1) is 21.8. The van der Waals surface area contributed by atoms with Crippen LogP contribution in [0.15, 0.2) is 67.1 Å². The molecule has 1 aliphatic rings. The summed E-state index contributed by atoms with van der Waals surface area (Å²) in [5.74, 6) is 0.380. The predicted octanol–water partition coefficient (Wildman–Crippen LogP) is 4.05. The van der Waals surface area contributed by atoms with Crippen molar-refractivity contribution >= 4 is 11.6 Å². The molecule has 0 spiro atoms. The molecule has 2 atom stereocenters. The highest BCUT2D eigenvalue weighted by Gasteiger charge is 2.40. The number of ether oxygens (including phenoxy) is 1. The van der Waals surface area contributed by atoms with Gasteiger partial charge < -0.3 is 14.2 Å². The van der Waals surface area contributed by atoms with E-state index in [2.05, 4.69) is 15.6 Å². The third-order valence-electron chi connectivity index (χ3n) is 6.20. The molecule has 0 saturated carbocycles. The molecule has 1 fully saturated rings. The standard InChI is InChI=1S/C26H28N4O2/c1-32-18-22-17-30(23-6-3-2-4-7-23)26(31)25(22)9-5-8-24-15-28-19-29(24)16-21-12-10-20(14-27)11-13-21/h2-4,6-7,10-13,15,19,22,25H,5,8-9,16-18H2,1H3/t22-,25+/m1/s1. The van der Waals surface area contributed by atoms with Crippen molar-refractivity contribution in [3.05, 3.63) is 83.9 Å². The van der Waals surface area contributed by atoms with E-state index in [0.717, 1.165) is 42.8 Å². The van der Waals surface area contributed by atoms with Gasteiger partial charge in [-0.05, 0) is 49.1 Å². The quantitative estimate of drug-likeness (QED) is 0.515. The molecule has 0 unspecified atom stereocenters. The number of methoxy groups -OCH3 is 1. The zero-order valence-corrected chi connectivity index (χ0v) is 18.4. The molecule has 164 valence electrons. The molecular formula is C26H28N4O2. The first-order valence-corrected chi connectivity index (χ1v) is 11.0. The maximum Gasteiger partial charge on any atom is 0.230 e. The van der Waals surface area contributed by atoms with Crippen LogP contribution in [0.3, 0.4) is 0 Å². The molecule has 2 aromatic carbocycles. The van der Waals surface area contributed by atoms with Crippen LogP contribution in [0, 0.1) is 23.2 Å². The van der Waals surface area contributed by atoms with Gasteiger partial charge in [-0.15, -0.1) is 0 Å². The van der Waals surface area contributed by atoms with Crippen molar-refractivity contribution in [2.75, 3.05) is 25.2 Å². The third-order valence-corrected chi connectivity index (χ3v) is 6.20. The van der Waals surface area contributed by atoms with E-state index in [1.54, 1.807) is 7.11 Å². The van der Waals surface area contributed by atoms with Crippen molar-refractivity contribution in [1.29, 1.82) is 5.26 Å². The van der Waals surface area contributed by atoms with E-state index in [4.69, 9.17) is 10.00 Å². The van der Waals surface area contributed by atoms with Crippen LogP contribution < -0.4 is 4.90 Å². The molecule has 2 heterocycles. The Morgan fingerprint density at radius 2 is 1.94 bits per heavy atom. The Hall–Kier alpha value is -3.43. The number of anilines is 1. The summed E-state index contributed by atoms with van der Waals surface area (Å²) in [6, 6.07) is 19.7. The van der Waals surface area contributed by atoms with Gasteiger partial charge in [0.05, 0.1) is 24.6 Å². The second-order valence-electron chi connectivity index (χ2n) is 8.32. The molecule has 0 bridgehead atoms. The zero-order chi connectivity index (χ0) is 22.3. The van der Waals surface area contributed by atoms with Crippen LogP contribution in [0.2, 0.25) is 0 Å². The van der Waals surface area contributed by atoms with Crippen LogP contribution in [0.4, 0.5) is 5.69 Å². The van der Waals surface area contributed by atoms with Crippen LogP contribution in [0.25, 0.3) is 0 Å². The number of para-hydroxylation sites is 1. The van der Waals surface area contributed by atoms with Crippen molar-refractivity contribution in [3.63, 3.8) is 0 Å². The zero-order valence-electron chi connectivity index (χ0n) is 18.4. The Labute approximate surface area is 189 Å². The SMILES string of the molecule is COC[C@H]1CN(c2ccccc2)C(=O)[C@H]1CCCc1cncn1Cc1ccc(C#N)cc1. The summed E-state index contributed by atoms with van der Waals surface area (Å²) in [6.45, 7) is 2.02. The summed E-state index contributed by atoms with van der Waals surface area (Å²) >= 11 is 0. The fraction of sp³-hybridized carbons (Fsp3) is 0.346. The van der Waals surface area contributed by atoms with Gasteiger partial charge in [-0.3, -0.25) is 4.79 Å². The number of amides is 1. The molecule has 0 N–H and O–H groups in total. The number of aryl methyl sites for hydroxylation is 1. The second kappa shape index (κ2) is 10.3. The van der Waals surface area contributed by atoms with Gasteiger partial charge in [0, 0.05) is 49.6 Å². The van der Waals surface area contributed by atoms with Gasteiger partial charge in [0.25, 0.3) is 0 Å². The van der Waals surface area contributed by atoms with Gasteiger partial charge >= 0.3 is 0 Å². The van der Waals surface area contributed by atoms with E-state index < -0.39 is 0 Å². The van der Waals surface area contributed by atoms with Gasteiger partial charge in [-0.2, -0.15) is 5.26 Å². The fourth-order valence-corrected chi connectivity index (χ4v) is 4.52.